The molecule has 0 aliphatic rings. The van der Waals surface area contributed by atoms with Crippen LogP contribution in [-0.2, 0) is 29.3 Å². The van der Waals surface area contributed by atoms with Crippen LogP contribution in [-0.4, -0.2) is 44.0 Å². The van der Waals surface area contributed by atoms with E-state index in [2.05, 4.69) is 0 Å². The standard InChI is InChI=1S/C13H24O6S2/c1-5-7-9-20(16,17)13(4,12(15)11(3)14)21(18,19)10-8-6-2/h5-10H2,1-4H3. The molecule has 0 aliphatic carbocycles. The Labute approximate surface area is 127 Å². The number of ketones is 2. The van der Waals surface area contributed by atoms with Gasteiger partial charge in [-0.2, -0.15) is 0 Å². The fraction of sp³-hybridized carbons (Fsp3) is 0.846. The molecule has 0 N–H and O–H groups in total. The molecule has 21 heavy (non-hydrogen) atoms. The number of unbranched alkanes of at least 4 members (excludes halogenated alkanes) is 2. The van der Waals surface area contributed by atoms with Crippen LogP contribution >= 0.6 is 0 Å². The highest BCUT2D eigenvalue weighted by atomic mass is 32.3. The Balaban J connectivity index is 6.05. The van der Waals surface area contributed by atoms with Gasteiger partial charge in [0.1, 0.15) is 0 Å². The molecule has 0 aromatic rings. The van der Waals surface area contributed by atoms with Gasteiger partial charge >= 0.3 is 0 Å². The molecule has 8 heteroatoms. The zero-order chi connectivity index (χ0) is 16.9. The first-order valence-electron chi connectivity index (χ1n) is 6.97. The van der Waals surface area contributed by atoms with Crippen molar-refractivity contribution < 1.29 is 26.4 Å². The van der Waals surface area contributed by atoms with Crippen LogP contribution in [0.15, 0.2) is 0 Å². The van der Waals surface area contributed by atoms with Crippen LogP contribution in [0.3, 0.4) is 0 Å². The monoisotopic (exact) mass is 340 g/mol. The SMILES string of the molecule is CCCCS(=O)(=O)C(C)(C(=O)C(C)=O)S(=O)(=O)CCCC. The van der Waals surface area contributed by atoms with Crippen molar-refractivity contribution in [2.75, 3.05) is 11.5 Å². The number of carbonyl (C=O) groups excluding carboxylic acids is 2. The molecule has 0 heterocycles. The third kappa shape index (κ3) is 4.12. The summed E-state index contributed by atoms with van der Waals surface area (Å²) in [4.78, 5) is 23.4. The van der Waals surface area contributed by atoms with Crippen LogP contribution in [0.4, 0.5) is 0 Å². The van der Waals surface area contributed by atoms with Gasteiger partial charge in [0, 0.05) is 6.92 Å². The predicted octanol–water partition coefficient (Wildman–Crippen LogP) is 1.29. The maximum absolute atomic E-state index is 12.4. The number of carbonyl (C=O) groups is 2. The van der Waals surface area contributed by atoms with Gasteiger partial charge in [0.05, 0.1) is 11.5 Å². The third-order valence-electron chi connectivity index (χ3n) is 3.45. The van der Waals surface area contributed by atoms with Crippen LogP contribution < -0.4 is 0 Å². The van der Waals surface area contributed by atoms with E-state index in [4.69, 9.17) is 0 Å². The molecule has 0 aromatic heterocycles. The first-order valence-corrected chi connectivity index (χ1v) is 10.3. The lowest BCUT2D eigenvalue weighted by molar-refractivity contribution is -0.135. The lowest BCUT2D eigenvalue weighted by atomic mass is 10.2. The highest BCUT2D eigenvalue weighted by Gasteiger charge is 2.57. The molecule has 0 amide bonds. The summed E-state index contributed by atoms with van der Waals surface area (Å²) in [6, 6.07) is 0. The summed E-state index contributed by atoms with van der Waals surface area (Å²) < 4.78 is 47.0. The van der Waals surface area contributed by atoms with Crippen molar-refractivity contribution in [3.63, 3.8) is 0 Å². The summed E-state index contributed by atoms with van der Waals surface area (Å²) in [5, 5.41) is 0. The number of hydrogen-bond acceptors (Lipinski definition) is 6. The summed E-state index contributed by atoms with van der Waals surface area (Å²) >= 11 is 0. The highest BCUT2D eigenvalue weighted by Crippen LogP contribution is 2.29. The van der Waals surface area contributed by atoms with Gasteiger partial charge in [-0.1, -0.05) is 26.7 Å². The molecule has 6 nitrogen and oxygen atoms in total. The Morgan fingerprint density at radius 2 is 1.19 bits per heavy atom. The van der Waals surface area contributed by atoms with Crippen LogP contribution in [0, 0.1) is 0 Å². The maximum Gasteiger partial charge on any atom is 0.235 e. The van der Waals surface area contributed by atoms with Gasteiger partial charge in [-0.15, -0.1) is 0 Å². The van der Waals surface area contributed by atoms with Gasteiger partial charge in [0.2, 0.25) is 9.86 Å². The van der Waals surface area contributed by atoms with E-state index in [0.717, 1.165) is 13.8 Å². The molecule has 0 aliphatic heterocycles. The van der Waals surface area contributed by atoms with Gasteiger partial charge < -0.3 is 0 Å². The molecule has 0 aromatic carbocycles. The van der Waals surface area contributed by atoms with Crippen molar-refractivity contribution in [3.8, 4) is 0 Å². The number of rotatable bonds is 10. The average Bonchev–Trinajstić information content (AvgIpc) is 2.40. The Morgan fingerprint density at radius 3 is 1.43 bits per heavy atom. The minimum atomic E-state index is -4.27. The fourth-order valence-electron chi connectivity index (χ4n) is 1.85. The normalized spacial score (nSPS) is 13.1. The Kier molecular flexibility index (Phi) is 7.22. The average molecular weight is 340 g/mol. The van der Waals surface area contributed by atoms with Gasteiger partial charge in [-0.25, -0.2) is 16.8 Å². The van der Waals surface area contributed by atoms with Crippen LogP contribution in [0.1, 0.15) is 53.4 Å². The molecule has 0 saturated carbocycles. The molecule has 0 atom stereocenters. The molecule has 0 saturated heterocycles. The van der Waals surface area contributed by atoms with Crippen molar-refractivity contribution in [1.82, 2.24) is 0 Å². The van der Waals surface area contributed by atoms with Crippen LogP contribution in [0.2, 0.25) is 0 Å². The minimum Gasteiger partial charge on any atom is -0.291 e. The second-order valence-electron chi connectivity index (χ2n) is 5.18. The molecule has 0 unspecified atom stereocenters. The summed E-state index contributed by atoms with van der Waals surface area (Å²) in [7, 11) is -8.55. The van der Waals surface area contributed by atoms with Crippen molar-refractivity contribution in [2.24, 2.45) is 0 Å². The predicted molar refractivity (Wildman–Crippen MR) is 81.5 cm³/mol. The van der Waals surface area contributed by atoms with E-state index >= 15 is 0 Å². The van der Waals surface area contributed by atoms with E-state index in [9.17, 15) is 26.4 Å². The molecular formula is C13H24O6S2. The Hall–Kier alpha value is -0.760. The van der Waals surface area contributed by atoms with E-state index in [1.165, 1.54) is 0 Å². The number of Topliss-reactive ketones (excluding diaryl/α,β-unsaturated/α-hetero) is 2. The lowest BCUT2D eigenvalue weighted by Gasteiger charge is -2.26. The maximum atomic E-state index is 12.4. The van der Waals surface area contributed by atoms with Crippen molar-refractivity contribution in [3.05, 3.63) is 0 Å². The van der Waals surface area contributed by atoms with Crippen molar-refractivity contribution in [2.45, 2.75) is 57.5 Å². The third-order valence-corrected chi connectivity index (χ3v) is 9.37. The second-order valence-corrected chi connectivity index (χ2v) is 10.3. The van der Waals surface area contributed by atoms with Gasteiger partial charge in [-0.3, -0.25) is 9.59 Å². The summed E-state index contributed by atoms with van der Waals surface area (Å²) in [6.07, 6.45) is 1.57. The zero-order valence-corrected chi connectivity index (χ0v) is 14.6. The minimum absolute atomic E-state index is 0.242. The van der Waals surface area contributed by atoms with Gasteiger partial charge in [0.15, 0.2) is 25.5 Å². The number of hydrogen-bond donors (Lipinski definition) is 0. The lowest BCUT2D eigenvalue weighted by Crippen LogP contribution is -2.54. The van der Waals surface area contributed by atoms with Crippen molar-refractivity contribution in [1.29, 1.82) is 0 Å². The van der Waals surface area contributed by atoms with E-state index in [1.54, 1.807) is 13.8 Å². The Morgan fingerprint density at radius 1 is 0.857 bits per heavy atom. The number of sulfone groups is 2. The first kappa shape index (κ1) is 20.2. The van der Waals surface area contributed by atoms with E-state index < -0.39 is 46.8 Å². The first-order chi connectivity index (χ1) is 9.48. The van der Waals surface area contributed by atoms with E-state index in [0.29, 0.717) is 12.8 Å². The van der Waals surface area contributed by atoms with Crippen LogP contribution in [0.25, 0.3) is 0 Å². The van der Waals surface area contributed by atoms with Gasteiger partial charge in [-0.05, 0) is 19.8 Å². The highest BCUT2D eigenvalue weighted by molar-refractivity contribution is 8.11. The van der Waals surface area contributed by atoms with Gasteiger partial charge in [0.25, 0.3) is 0 Å². The summed E-state index contributed by atoms with van der Waals surface area (Å²) in [5.41, 5.74) is 0. The molecule has 124 valence electrons. The second kappa shape index (κ2) is 7.49. The molecule has 0 radical (unpaired) electrons. The molecule has 0 fully saturated rings. The van der Waals surface area contributed by atoms with Crippen molar-refractivity contribution >= 4 is 31.2 Å². The quantitative estimate of drug-likeness (QED) is 0.555. The van der Waals surface area contributed by atoms with Crippen LogP contribution in [0.5, 0.6) is 0 Å². The summed E-state index contributed by atoms with van der Waals surface area (Å²) in [5.74, 6) is -3.28. The molecular weight excluding hydrogens is 316 g/mol. The Bertz CT molecular complexity index is 548. The largest absolute Gasteiger partial charge is 0.291 e. The van der Waals surface area contributed by atoms with E-state index in [1.807, 2.05) is 0 Å². The zero-order valence-electron chi connectivity index (χ0n) is 13.0. The summed E-state index contributed by atoms with van der Waals surface area (Å²) in [6.45, 7) is 5.26. The molecule has 0 rings (SSSR count). The molecule has 0 bridgehead atoms. The van der Waals surface area contributed by atoms with E-state index in [-0.39, 0.29) is 12.8 Å². The fourth-order valence-corrected chi connectivity index (χ4v) is 6.87. The molecule has 0 spiro atoms. The topological polar surface area (TPSA) is 102 Å². The smallest absolute Gasteiger partial charge is 0.235 e.